The first-order chi connectivity index (χ1) is 7.60. The van der Waals surface area contributed by atoms with Gasteiger partial charge in [0.05, 0.1) is 6.42 Å². The van der Waals surface area contributed by atoms with Crippen molar-refractivity contribution in [3.63, 3.8) is 0 Å². The van der Waals surface area contributed by atoms with E-state index in [1.54, 1.807) is 4.68 Å². The van der Waals surface area contributed by atoms with Crippen LogP contribution in [0, 0.1) is 0 Å². The zero-order chi connectivity index (χ0) is 12.1. The summed E-state index contributed by atoms with van der Waals surface area (Å²) in [6.45, 7) is 7.93. The van der Waals surface area contributed by atoms with Gasteiger partial charge in [0.2, 0.25) is 0 Å². The van der Waals surface area contributed by atoms with Crippen LogP contribution in [0.1, 0.15) is 46.0 Å². The standard InChI is InChI=1S/C12H19N3O/c1-5-10(6-2)11(16)7-12-13-8-14-15(12)9(3)4/h5,8-9H,6-7H2,1-4H3. The molecule has 0 fully saturated rings. The second-order valence-corrected chi connectivity index (χ2v) is 3.98. The van der Waals surface area contributed by atoms with E-state index in [0.717, 1.165) is 17.8 Å². The molecule has 0 saturated heterocycles. The van der Waals surface area contributed by atoms with Gasteiger partial charge in [-0.05, 0) is 32.8 Å². The Labute approximate surface area is 96.4 Å². The Balaban J connectivity index is 2.81. The quantitative estimate of drug-likeness (QED) is 0.717. The number of ketones is 1. The van der Waals surface area contributed by atoms with Crippen LogP contribution in [0.4, 0.5) is 0 Å². The molecule has 0 bridgehead atoms. The Bertz CT molecular complexity index is 391. The monoisotopic (exact) mass is 221 g/mol. The van der Waals surface area contributed by atoms with Crippen molar-refractivity contribution >= 4 is 5.78 Å². The van der Waals surface area contributed by atoms with E-state index in [9.17, 15) is 4.79 Å². The summed E-state index contributed by atoms with van der Waals surface area (Å²) in [5.41, 5.74) is 0.860. The normalized spacial score (nSPS) is 12.2. The zero-order valence-corrected chi connectivity index (χ0v) is 10.4. The molecule has 4 heteroatoms. The fraction of sp³-hybridized carbons (Fsp3) is 0.583. The van der Waals surface area contributed by atoms with E-state index >= 15 is 0 Å². The fourth-order valence-electron chi connectivity index (χ4n) is 1.65. The van der Waals surface area contributed by atoms with Crippen LogP contribution in [0.2, 0.25) is 0 Å². The maximum Gasteiger partial charge on any atom is 0.166 e. The highest BCUT2D eigenvalue weighted by Crippen LogP contribution is 2.10. The highest BCUT2D eigenvalue weighted by Gasteiger charge is 2.14. The highest BCUT2D eigenvalue weighted by molar-refractivity contribution is 5.96. The summed E-state index contributed by atoms with van der Waals surface area (Å²) in [5.74, 6) is 0.882. The Hall–Kier alpha value is -1.45. The van der Waals surface area contributed by atoms with Gasteiger partial charge in [0.25, 0.3) is 0 Å². The number of allylic oxidation sites excluding steroid dienone is 2. The van der Waals surface area contributed by atoms with Gasteiger partial charge >= 0.3 is 0 Å². The molecule has 0 amide bonds. The Morgan fingerprint density at radius 1 is 1.56 bits per heavy atom. The van der Waals surface area contributed by atoms with Crippen LogP contribution < -0.4 is 0 Å². The third-order valence-electron chi connectivity index (χ3n) is 2.54. The van der Waals surface area contributed by atoms with Crippen LogP contribution in [0.5, 0.6) is 0 Å². The van der Waals surface area contributed by atoms with E-state index in [1.807, 2.05) is 33.8 Å². The van der Waals surface area contributed by atoms with Gasteiger partial charge in [-0.15, -0.1) is 0 Å². The number of hydrogen-bond donors (Lipinski definition) is 0. The minimum atomic E-state index is 0.139. The van der Waals surface area contributed by atoms with Crippen LogP contribution in [0.3, 0.4) is 0 Å². The first-order valence-electron chi connectivity index (χ1n) is 5.66. The molecular weight excluding hydrogens is 202 g/mol. The lowest BCUT2D eigenvalue weighted by atomic mass is 10.1. The molecule has 0 aliphatic rings. The lowest BCUT2D eigenvalue weighted by molar-refractivity contribution is -0.115. The van der Waals surface area contributed by atoms with Crippen molar-refractivity contribution in [3.8, 4) is 0 Å². The van der Waals surface area contributed by atoms with E-state index in [0.29, 0.717) is 6.42 Å². The molecule has 16 heavy (non-hydrogen) atoms. The molecule has 0 spiro atoms. The minimum Gasteiger partial charge on any atom is -0.294 e. The fourth-order valence-corrected chi connectivity index (χ4v) is 1.65. The second-order valence-electron chi connectivity index (χ2n) is 3.98. The summed E-state index contributed by atoms with van der Waals surface area (Å²) in [5, 5.41) is 4.11. The van der Waals surface area contributed by atoms with Gasteiger partial charge in [-0.1, -0.05) is 13.0 Å². The molecule has 4 nitrogen and oxygen atoms in total. The van der Waals surface area contributed by atoms with Crippen molar-refractivity contribution in [1.29, 1.82) is 0 Å². The third kappa shape index (κ3) is 2.78. The molecule has 0 unspecified atom stereocenters. The lowest BCUT2D eigenvalue weighted by Crippen LogP contribution is -2.14. The largest absolute Gasteiger partial charge is 0.294 e. The summed E-state index contributed by atoms with van der Waals surface area (Å²) in [6, 6.07) is 0.237. The van der Waals surface area contributed by atoms with Crippen LogP contribution in [0.15, 0.2) is 18.0 Å². The van der Waals surface area contributed by atoms with E-state index in [4.69, 9.17) is 0 Å². The molecule has 0 radical (unpaired) electrons. The zero-order valence-electron chi connectivity index (χ0n) is 10.4. The summed E-state index contributed by atoms with van der Waals surface area (Å²) in [7, 11) is 0. The van der Waals surface area contributed by atoms with Crippen LogP contribution in [0.25, 0.3) is 0 Å². The predicted molar refractivity (Wildman–Crippen MR) is 63.2 cm³/mol. The first-order valence-corrected chi connectivity index (χ1v) is 5.66. The molecule has 1 aromatic rings. The number of rotatable bonds is 5. The van der Waals surface area contributed by atoms with Gasteiger partial charge in [-0.25, -0.2) is 9.67 Å². The highest BCUT2D eigenvalue weighted by atomic mass is 16.1. The van der Waals surface area contributed by atoms with E-state index < -0.39 is 0 Å². The molecule has 1 heterocycles. The maximum atomic E-state index is 11.9. The van der Waals surface area contributed by atoms with Gasteiger partial charge in [0.1, 0.15) is 12.2 Å². The van der Waals surface area contributed by atoms with Gasteiger partial charge < -0.3 is 0 Å². The second kappa shape index (κ2) is 5.58. The number of aromatic nitrogens is 3. The average Bonchev–Trinajstić information content (AvgIpc) is 2.67. The van der Waals surface area contributed by atoms with E-state index in [2.05, 4.69) is 10.1 Å². The molecule has 1 rings (SSSR count). The smallest absolute Gasteiger partial charge is 0.166 e. The maximum absolute atomic E-state index is 11.9. The van der Waals surface area contributed by atoms with Crippen LogP contribution >= 0.6 is 0 Å². The first kappa shape index (κ1) is 12.6. The van der Waals surface area contributed by atoms with Crippen LogP contribution in [-0.2, 0) is 11.2 Å². The number of hydrogen-bond acceptors (Lipinski definition) is 3. The summed E-state index contributed by atoms with van der Waals surface area (Å²) < 4.78 is 1.79. The summed E-state index contributed by atoms with van der Waals surface area (Å²) in [4.78, 5) is 16.0. The van der Waals surface area contributed by atoms with Crippen molar-refractivity contribution in [2.75, 3.05) is 0 Å². The average molecular weight is 221 g/mol. The van der Waals surface area contributed by atoms with E-state index in [1.165, 1.54) is 6.33 Å². The molecule has 1 aromatic heterocycles. The minimum absolute atomic E-state index is 0.139. The van der Waals surface area contributed by atoms with Gasteiger partial charge in [-0.3, -0.25) is 4.79 Å². The SMILES string of the molecule is CC=C(CC)C(=O)Cc1ncnn1C(C)C. The Morgan fingerprint density at radius 3 is 2.75 bits per heavy atom. The molecule has 0 aromatic carbocycles. The van der Waals surface area contributed by atoms with Gasteiger partial charge in [0, 0.05) is 6.04 Å². The molecular formula is C12H19N3O. The van der Waals surface area contributed by atoms with Crippen LogP contribution in [-0.4, -0.2) is 20.5 Å². The predicted octanol–water partition coefficient (Wildman–Crippen LogP) is 2.33. The Kier molecular flexibility index (Phi) is 4.40. The molecule has 0 N–H and O–H groups in total. The number of Topliss-reactive ketones (excluding diaryl/α,β-unsaturated/α-hetero) is 1. The molecule has 88 valence electrons. The number of carbonyl (C=O) groups excluding carboxylic acids is 1. The van der Waals surface area contributed by atoms with Crippen molar-refractivity contribution in [1.82, 2.24) is 14.8 Å². The number of carbonyl (C=O) groups is 1. The summed E-state index contributed by atoms with van der Waals surface area (Å²) in [6.07, 6.45) is 4.49. The van der Waals surface area contributed by atoms with Gasteiger partial charge in [-0.2, -0.15) is 5.10 Å². The van der Waals surface area contributed by atoms with Crippen molar-refractivity contribution < 1.29 is 4.79 Å². The third-order valence-corrected chi connectivity index (χ3v) is 2.54. The molecule has 0 saturated carbocycles. The van der Waals surface area contributed by atoms with E-state index in [-0.39, 0.29) is 11.8 Å². The Morgan fingerprint density at radius 2 is 2.25 bits per heavy atom. The molecule has 0 aliphatic heterocycles. The summed E-state index contributed by atoms with van der Waals surface area (Å²) >= 11 is 0. The lowest BCUT2D eigenvalue weighted by Gasteiger charge is -2.09. The molecule has 0 aliphatic carbocycles. The van der Waals surface area contributed by atoms with Gasteiger partial charge in [0.15, 0.2) is 5.78 Å². The van der Waals surface area contributed by atoms with Crippen molar-refractivity contribution in [3.05, 3.63) is 23.8 Å². The topological polar surface area (TPSA) is 47.8 Å². The van der Waals surface area contributed by atoms with Crippen molar-refractivity contribution in [2.45, 2.75) is 46.6 Å². The number of nitrogens with zero attached hydrogens (tertiary/aromatic N) is 3. The molecule has 0 atom stereocenters. The van der Waals surface area contributed by atoms with Crippen molar-refractivity contribution in [2.24, 2.45) is 0 Å².